The highest BCUT2D eigenvalue weighted by molar-refractivity contribution is 9.10. The summed E-state index contributed by atoms with van der Waals surface area (Å²) in [5.41, 5.74) is 0.210. The van der Waals surface area contributed by atoms with E-state index < -0.39 is 33.9 Å². The molecule has 14 heteroatoms. The molecule has 12 nitrogen and oxygen atoms in total. The number of nitro groups is 1. The molecule has 40 heavy (non-hydrogen) atoms. The van der Waals surface area contributed by atoms with Gasteiger partial charge in [-0.05, 0) is 49.2 Å². The minimum atomic E-state index is -0.949. The molecule has 1 N–H and O–H groups in total. The Kier molecular flexibility index (Phi) is 8.30. The number of aromatic nitrogens is 1. The number of hydrogen-bond acceptors (Lipinski definition) is 11. The van der Waals surface area contributed by atoms with Gasteiger partial charge >= 0.3 is 11.7 Å². The second-order valence-corrected chi connectivity index (χ2v) is 10.2. The number of thiazole rings is 1. The summed E-state index contributed by atoms with van der Waals surface area (Å²) in [5, 5.41) is 21.6. The van der Waals surface area contributed by atoms with Crippen LogP contribution in [0.5, 0.6) is 23.0 Å². The maximum atomic E-state index is 13.9. The van der Waals surface area contributed by atoms with Crippen molar-refractivity contribution < 1.29 is 33.8 Å². The van der Waals surface area contributed by atoms with Gasteiger partial charge in [0.1, 0.15) is 0 Å². The van der Waals surface area contributed by atoms with Crippen molar-refractivity contribution in [2.24, 2.45) is 4.99 Å². The number of carbonyl (C=O) groups is 1. The lowest BCUT2D eigenvalue weighted by molar-refractivity contribution is -0.386. The lowest BCUT2D eigenvalue weighted by atomic mass is 9.95. The van der Waals surface area contributed by atoms with Gasteiger partial charge in [0.15, 0.2) is 22.0 Å². The fourth-order valence-corrected chi connectivity index (χ4v) is 5.89. The second kappa shape index (κ2) is 11.5. The number of halogens is 1. The number of phenolic OH excluding ortho intramolecular Hbond substituents is 1. The summed E-state index contributed by atoms with van der Waals surface area (Å²) in [6.07, 6.45) is 1.43. The number of allylic oxidation sites excluding steroid dienone is 1. The number of nitrogens with zero attached hydrogens (tertiary/aromatic N) is 3. The van der Waals surface area contributed by atoms with E-state index in [2.05, 4.69) is 20.9 Å². The molecule has 3 aromatic rings. The fourth-order valence-electron chi connectivity index (χ4n) is 4.31. The van der Waals surface area contributed by atoms with Gasteiger partial charge in [-0.1, -0.05) is 27.3 Å². The Labute approximate surface area is 239 Å². The second-order valence-electron chi connectivity index (χ2n) is 8.38. The zero-order valence-corrected chi connectivity index (χ0v) is 24.4. The number of ether oxygens (including phenoxy) is 4. The van der Waals surface area contributed by atoms with Crippen molar-refractivity contribution in [3.05, 3.63) is 80.9 Å². The van der Waals surface area contributed by atoms with E-state index in [9.17, 15) is 24.8 Å². The van der Waals surface area contributed by atoms with Gasteiger partial charge in [-0.2, -0.15) is 0 Å². The molecule has 0 aliphatic carbocycles. The number of carbonyl (C=O) groups excluding carboxylic acids is 1. The van der Waals surface area contributed by atoms with Crippen molar-refractivity contribution in [2.45, 2.75) is 19.9 Å². The molecule has 2 heterocycles. The summed E-state index contributed by atoms with van der Waals surface area (Å²) in [4.78, 5) is 42.6. The standard InChI is InChI=1S/C26H24BrN3O9S/c1-6-39-25(33)21-12(2)28-26-29(22(21)14-10-17(36-3)18(37-4)11-15(14)27)24(32)20(40-26)9-13-7-16(30(34)35)23(31)19(8-13)38-5/h7-11,22,31H,6H2,1-5H3/b20-9-/t22-/m0/s1. The maximum absolute atomic E-state index is 13.9. The van der Waals surface area contributed by atoms with Gasteiger partial charge < -0.3 is 24.1 Å². The van der Waals surface area contributed by atoms with Gasteiger partial charge in [-0.25, -0.2) is 9.79 Å². The van der Waals surface area contributed by atoms with Crippen LogP contribution in [-0.2, 0) is 9.53 Å². The van der Waals surface area contributed by atoms with Crippen LogP contribution >= 0.6 is 27.3 Å². The first-order valence-electron chi connectivity index (χ1n) is 11.7. The topological polar surface area (TPSA) is 152 Å². The van der Waals surface area contributed by atoms with Crippen LogP contribution in [0.2, 0.25) is 0 Å². The summed E-state index contributed by atoms with van der Waals surface area (Å²) < 4.78 is 23.4. The third-order valence-corrected chi connectivity index (χ3v) is 7.78. The van der Waals surface area contributed by atoms with E-state index in [0.717, 1.165) is 17.4 Å². The third-order valence-electron chi connectivity index (χ3n) is 6.11. The first-order chi connectivity index (χ1) is 19.1. The van der Waals surface area contributed by atoms with Gasteiger partial charge in [-0.3, -0.25) is 19.5 Å². The average molecular weight is 634 g/mol. The van der Waals surface area contributed by atoms with E-state index in [1.54, 1.807) is 26.0 Å². The molecule has 0 saturated heterocycles. The molecule has 0 bridgehead atoms. The van der Waals surface area contributed by atoms with Gasteiger partial charge in [0.05, 0.1) is 54.7 Å². The van der Waals surface area contributed by atoms with Crippen LogP contribution < -0.4 is 29.1 Å². The maximum Gasteiger partial charge on any atom is 0.338 e. The monoisotopic (exact) mass is 633 g/mol. The lowest BCUT2D eigenvalue weighted by Crippen LogP contribution is -2.40. The number of benzene rings is 2. The number of fused-ring (bicyclic) bond motifs is 1. The summed E-state index contributed by atoms with van der Waals surface area (Å²) in [7, 11) is 4.22. The van der Waals surface area contributed by atoms with E-state index in [0.29, 0.717) is 32.0 Å². The Morgan fingerprint density at radius 1 is 1.18 bits per heavy atom. The largest absolute Gasteiger partial charge is 0.500 e. The number of phenols is 1. The molecule has 210 valence electrons. The molecule has 0 fully saturated rings. The van der Waals surface area contributed by atoms with E-state index in [1.807, 2.05) is 0 Å². The van der Waals surface area contributed by atoms with Crippen LogP contribution in [0.25, 0.3) is 6.08 Å². The lowest BCUT2D eigenvalue weighted by Gasteiger charge is -2.26. The predicted molar refractivity (Wildman–Crippen MR) is 149 cm³/mol. The van der Waals surface area contributed by atoms with Crippen LogP contribution in [0.15, 0.2) is 49.8 Å². The van der Waals surface area contributed by atoms with Crippen LogP contribution in [0.1, 0.15) is 31.0 Å². The molecule has 1 atom stereocenters. The van der Waals surface area contributed by atoms with Crippen LogP contribution in [0.3, 0.4) is 0 Å². The fraction of sp³-hybridized carbons (Fsp3) is 0.269. The van der Waals surface area contributed by atoms with Crippen molar-refractivity contribution in [3.63, 3.8) is 0 Å². The molecule has 1 aliphatic heterocycles. The molecule has 0 spiro atoms. The Balaban J connectivity index is 2.02. The number of rotatable bonds is 8. The number of methoxy groups -OCH3 is 3. The normalized spacial score (nSPS) is 14.8. The molecule has 1 aliphatic rings. The summed E-state index contributed by atoms with van der Waals surface area (Å²) >= 11 is 4.58. The van der Waals surface area contributed by atoms with Gasteiger partial charge in [0.2, 0.25) is 5.75 Å². The highest BCUT2D eigenvalue weighted by atomic mass is 79.9. The van der Waals surface area contributed by atoms with E-state index in [4.69, 9.17) is 18.9 Å². The summed E-state index contributed by atoms with van der Waals surface area (Å²) in [5.74, 6) is -0.570. The Morgan fingerprint density at radius 2 is 1.82 bits per heavy atom. The van der Waals surface area contributed by atoms with Gasteiger partial charge in [0.25, 0.3) is 5.56 Å². The number of esters is 1. The minimum Gasteiger partial charge on any atom is -0.500 e. The molecular formula is C26H24BrN3O9S. The van der Waals surface area contributed by atoms with E-state index in [1.165, 1.54) is 38.0 Å². The minimum absolute atomic E-state index is 0.112. The van der Waals surface area contributed by atoms with Crippen molar-refractivity contribution in [3.8, 4) is 23.0 Å². The first kappa shape index (κ1) is 28.8. The van der Waals surface area contributed by atoms with Gasteiger partial charge in [0, 0.05) is 10.5 Å². The Bertz CT molecular complexity index is 1740. The van der Waals surface area contributed by atoms with E-state index >= 15 is 0 Å². The van der Waals surface area contributed by atoms with Gasteiger partial charge in [-0.15, -0.1) is 0 Å². The van der Waals surface area contributed by atoms with Crippen molar-refractivity contribution in [1.29, 1.82) is 0 Å². The summed E-state index contributed by atoms with van der Waals surface area (Å²) in [6, 6.07) is 4.89. The molecule has 1 aromatic heterocycles. The molecule has 0 unspecified atom stereocenters. The quantitative estimate of drug-likeness (QED) is 0.224. The molecule has 4 rings (SSSR count). The number of hydrogen-bond donors (Lipinski definition) is 1. The highest BCUT2D eigenvalue weighted by Crippen LogP contribution is 2.41. The van der Waals surface area contributed by atoms with Crippen molar-refractivity contribution in [1.82, 2.24) is 4.57 Å². The SMILES string of the molecule is CCOC(=O)C1=C(C)N=c2s/c(=C\c3cc(OC)c(O)c([N+](=O)[O-])c3)c(=O)n2[C@H]1c1cc(OC)c(OC)cc1Br. The molecule has 0 amide bonds. The van der Waals surface area contributed by atoms with Crippen molar-refractivity contribution >= 4 is 45.0 Å². The Hall–Kier alpha value is -4.17. The highest BCUT2D eigenvalue weighted by Gasteiger charge is 2.35. The molecule has 0 saturated carbocycles. The number of nitro benzene ring substituents is 1. The number of aromatic hydroxyl groups is 1. The van der Waals surface area contributed by atoms with Crippen LogP contribution in [0.4, 0.5) is 5.69 Å². The zero-order valence-electron chi connectivity index (χ0n) is 22.0. The average Bonchev–Trinajstić information content (AvgIpc) is 3.22. The Morgan fingerprint density at radius 3 is 2.42 bits per heavy atom. The smallest absolute Gasteiger partial charge is 0.338 e. The molecular weight excluding hydrogens is 610 g/mol. The zero-order chi connectivity index (χ0) is 29.3. The molecule has 0 radical (unpaired) electrons. The third kappa shape index (κ3) is 5.07. The van der Waals surface area contributed by atoms with E-state index in [-0.39, 0.29) is 28.0 Å². The molecule has 2 aromatic carbocycles. The predicted octanol–water partition coefficient (Wildman–Crippen LogP) is 3.20. The van der Waals surface area contributed by atoms with Crippen LogP contribution in [0, 0.1) is 10.1 Å². The summed E-state index contributed by atoms with van der Waals surface area (Å²) in [6.45, 7) is 3.44. The van der Waals surface area contributed by atoms with Crippen LogP contribution in [-0.4, -0.2) is 48.5 Å². The van der Waals surface area contributed by atoms with Crippen molar-refractivity contribution in [2.75, 3.05) is 27.9 Å². The first-order valence-corrected chi connectivity index (χ1v) is 13.3.